The lowest BCUT2D eigenvalue weighted by atomic mass is 10.1. The molecule has 2 N–H and O–H groups in total. The lowest BCUT2D eigenvalue weighted by Gasteiger charge is -2.10. The van der Waals surface area contributed by atoms with Crippen LogP contribution in [0.5, 0.6) is 5.75 Å². The van der Waals surface area contributed by atoms with Crippen LogP contribution in [0.1, 0.15) is 18.1 Å². The van der Waals surface area contributed by atoms with E-state index in [2.05, 4.69) is 15.4 Å². The van der Waals surface area contributed by atoms with Gasteiger partial charge in [0.15, 0.2) is 6.61 Å². The third-order valence-electron chi connectivity index (χ3n) is 3.86. The quantitative estimate of drug-likeness (QED) is 0.445. The summed E-state index contributed by atoms with van der Waals surface area (Å²) in [7, 11) is 0. The van der Waals surface area contributed by atoms with Gasteiger partial charge in [-0.15, -0.1) is 0 Å². The molecule has 0 fully saturated rings. The van der Waals surface area contributed by atoms with Crippen LogP contribution in [0.25, 0.3) is 6.08 Å². The first-order valence-electron chi connectivity index (χ1n) is 9.35. The molecule has 0 aliphatic carbocycles. The molecule has 0 aliphatic heterocycles. The molecule has 2 amide bonds. The van der Waals surface area contributed by atoms with Gasteiger partial charge in [-0.1, -0.05) is 42.5 Å². The Balaban J connectivity index is 1.80. The Hall–Kier alpha value is -3.75. The van der Waals surface area contributed by atoms with Crippen LogP contribution in [0.2, 0.25) is 0 Å². The first kappa shape index (κ1) is 23.5. The number of esters is 1. The summed E-state index contributed by atoms with van der Waals surface area (Å²) in [6.45, 7) is -1.90. The molecule has 7 nitrogen and oxygen atoms in total. The van der Waals surface area contributed by atoms with Gasteiger partial charge in [0.25, 0.3) is 5.91 Å². The number of ether oxygens (including phenoxy) is 2. The number of hydrogen-bond donors (Lipinski definition) is 2. The highest BCUT2D eigenvalue weighted by Crippen LogP contribution is 2.15. The number of hydrogen-bond acceptors (Lipinski definition) is 5. The zero-order valence-corrected chi connectivity index (χ0v) is 16.8. The Bertz CT molecular complexity index is 915. The lowest BCUT2D eigenvalue weighted by molar-refractivity contribution is -0.145. The highest BCUT2D eigenvalue weighted by atomic mass is 19.3. The molecule has 0 bridgehead atoms. The number of carbonyl (C=O) groups excluding carboxylic acids is 3. The summed E-state index contributed by atoms with van der Waals surface area (Å²) in [5.41, 5.74) is 1.40. The van der Waals surface area contributed by atoms with Crippen molar-refractivity contribution >= 4 is 23.9 Å². The topological polar surface area (TPSA) is 93.7 Å². The molecule has 2 aromatic rings. The van der Waals surface area contributed by atoms with E-state index in [1.807, 2.05) is 6.07 Å². The van der Waals surface area contributed by atoms with Gasteiger partial charge in [0, 0.05) is 13.5 Å². The third kappa shape index (κ3) is 9.07. The standard InChI is InChI=1S/C22H22F2N2O5/c1-15(27)26-19(13-17-5-3-2-4-6-17)21(29)30-14-20(28)25-12-11-16-7-9-18(10-8-16)31-22(23)24/h2-10,13,22H,11-12,14H2,1H3,(H,25,28)(H,26,27)/b19-13-. The molecule has 0 unspecified atom stereocenters. The highest BCUT2D eigenvalue weighted by Gasteiger charge is 2.15. The number of nitrogens with one attached hydrogen (secondary N) is 2. The Kier molecular flexibility index (Phi) is 9.15. The van der Waals surface area contributed by atoms with Gasteiger partial charge >= 0.3 is 12.6 Å². The van der Waals surface area contributed by atoms with Gasteiger partial charge in [0.2, 0.25) is 5.91 Å². The van der Waals surface area contributed by atoms with Crippen LogP contribution >= 0.6 is 0 Å². The van der Waals surface area contributed by atoms with Crippen molar-refractivity contribution in [3.8, 4) is 5.75 Å². The van der Waals surface area contributed by atoms with E-state index >= 15 is 0 Å². The highest BCUT2D eigenvalue weighted by molar-refractivity contribution is 5.98. The predicted octanol–water partition coefficient (Wildman–Crippen LogP) is 2.67. The molecule has 0 aromatic heterocycles. The van der Waals surface area contributed by atoms with Crippen molar-refractivity contribution in [2.75, 3.05) is 13.2 Å². The Labute approximate surface area is 178 Å². The summed E-state index contributed by atoms with van der Waals surface area (Å²) in [5, 5.41) is 4.98. The van der Waals surface area contributed by atoms with E-state index in [0.717, 1.165) is 5.56 Å². The van der Waals surface area contributed by atoms with Crippen molar-refractivity contribution in [1.29, 1.82) is 0 Å². The van der Waals surface area contributed by atoms with Crippen LogP contribution < -0.4 is 15.4 Å². The van der Waals surface area contributed by atoms with Crippen molar-refractivity contribution in [2.24, 2.45) is 0 Å². The molecule has 31 heavy (non-hydrogen) atoms. The summed E-state index contributed by atoms with van der Waals surface area (Å²) in [6, 6.07) is 14.9. The predicted molar refractivity (Wildman–Crippen MR) is 109 cm³/mol. The number of benzene rings is 2. The fourth-order valence-corrected chi connectivity index (χ4v) is 2.50. The zero-order valence-electron chi connectivity index (χ0n) is 16.8. The van der Waals surface area contributed by atoms with Crippen molar-refractivity contribution in [1.82, 2.24) is 10.6 Å². The molecule has 164 valence electrons. The maximum absolute atomic E-state index is 12.2. The summed E-state index contributed by atoms with van der Waals surface area (Å²) < 4.78 is 33.5. The average Bonchev–Trinajstić information content (AvgIpc) is 2.73. The van der Waals surface area contributed by atoms with Crippen LogP contribution in [0.3, 0.4) is 0 Å². The van der Waals surface area contributed by atoms with E-state index in [4.69, 9.17) is 4.74 Å². The first-order chi connectivity index (χ1) is 14.8. The van der Waals surface area contributed by atoms with E-state index in [-0.39, 0.29) is 18.0 Å². The molecule has 2 aromatic carbocycles. The minimum atomic E-state index is -2.89. The van der Waals surface area contributed by atoms with E-state index in [0.29, 0.717) is 12.0 Å². The minimum absolute atomic E-state index is 0.0493. The van der Waals surface area contributed by atoms with Gasteiger partial charge in [-0.2, -0.15) is 8.78 Å². The van der Waals surface area contributed by atoms with Crippen LogP contribution in [0.4, 0.5) is 8.78 Å². The van der Waals surface area contributed by atoms with Crippen LogP contribution in [-0.2, 0) is 25.5 Å². The fourth-order valence-electron chi connectivity index (χ4n) is 2.50. The van der Waals surface area contributed by atoms with E-state index in [1.54, 1.807) is 36.4 Å². The number of rotatable bonds is 10. The summed E-state index contributed by atoms with van der Waals surface area (Å²) in [5.74, 6) is -1.77. The van der Waals surface area contributed by atoms with E-state index in [9.17, 15) is 23.2 Å². The normalized spacial score (nSPS) is 11.0. The second-order valence-electron chi connectivity index (χ2n) is 6.35. The average molecular weight is 432 g/mol. The van der Waals surface area contributed by atoms with Gasteiger partial charge in [-0.25, -0.2) is 4.79 Å². The summed E-state index contributed by atoms with van der Waals surface area (Å²) in [4.78, 5) is 35.5. The number of alkyl halides is 2. The Morgan fingerprint density at radius 3 is 2.32 bits per heavy atom. The molecule has 0 saturated carbocycles. The SMILES string of the molecule is CC(=O)N/C(=C\c1ccccc1)C(=O)OCC(=O)NCCc1ccc(OC(F)F)cc1. The zero-order chi connectivity index (χ0) is 22.6. The number of amides is 2. The molecule has 0 radical (unpaired) electrons. The molecule has 9 heteroatoms. The number of halogens is 2. The fraction of sp³-hybridized carbons (Fsp3) is 0.227. The lowest BCUT2D eigenvalue weighted by Crippen LogP contribution is -2.32. The maximum Gasteiger partial charge on any atom is 0.387 e. The van der Waals surface area contributed by atoms with Crippen molar-refractivity contribution < 1.29 is 32.6 Å². The van der Waals surface area contributed by atoms with E-state index in [1.165, 1.54) is 25.1 Å². The second kappa shape index (κ2) is 12.1. The number of carbonyl (C=O) groups is 3. The molecular formula is C22H22F2N2O5. The van der Waals surface area contributed by atoms with Crippen molar-refractivity contribution in [3.63, 3.8) is 0 Å². The Morgan fingerprint density at radius 2 is 1.71 bits per heavy atom. The molecule has 0 aliphatic rings. The molecule has 0 saturated heterocycles. The molecule has 2 rings (SSSR count). The molecule has 0 heterocycles. The van der Waals surface area contributed by atoms with Gasteiger partial charge < -0.3 is 20.1 Å². The molecule has 0 atom stereocenters. The van der Waals surface area contributed by atoms with Gasteiger partial charge in [-0.05, 0) is 35.8 Å². The maximum atomic E-state index is 12.2. The van der Waals surface area contributed by atoms with Gasteiger partial charge in [0.05, 0.1) is 0 Å². The van der Waals surface area contributed by atoms with E-state index < -0.39 is 31.0 Å². The minimum Gasteiger partial charge on any atom is -0.451 e. The smallest absolute Gasteiger partial charge is 0.387 e. The summed E-state index contributed by atoms with van der Waals surface area (Å²) >= 11 is 0. The third-order valence-corrected chi connectivity index (χ3v) is 3.86. The Morgan fingerprint density at radius 1 is 1.03 bits per heavy atom. The molecule has 0 spiro atoms. The van der Waals surface area contributed by atoms with Crippen LogP contribution in [0, 0.1) is 0 Å². The molecular weight excluding hydrogens is 410 g/mol. The largest absolute Gasteiger partial charge is 0.451 e. The van der Waals surface area contributed by atoms with Crippen molar-refractivity contribution in [3.05, 3.63) is 71.4 Å². The monoisotopic (exact) mass is 432 g/mol. The second-order valence-corrected chi connectivity index (χ2v) is 6.35. The summed E-state index contributed by atoms with van der Waals surface area (Å²) in [6.07, 6.45) is 1.89. The first-order valence-corrected chi connectivity index (χ1v) is 9.35. The van der Waals surface area contributed by atoms with Gasteiger partial charge in [-0.3, -0.25) is 9.59 Å². The van der Waals surface area contributed by atoms with Gasteiger partial charge in [0.1, 0.15) is 11.4 Å². The van der Waals surface area contributed by atoms with Crippen molar-refractivity contribution in [2.45, 2.75) is 20.0 Å². The van der Waals surface area contributed by atoms with Crippen LogP contribution in [-0.4, -0.2) is 37.5 Å². The van der Waals surface area contributed by atoms with Crippen LogP contribution in [0.15, 0.2) is 60.3 Å².